The van der Waals surface area contributed by atoms with Gasteiger partial charge in [-0.05, 0) is 30.9 Å². The van der Waals surface area contributed by atoms with Gasteiger partial charge in [0.1, 0.15) is 0 Å². The molecule has 0 amide bonds. The smallest absolute Gasteiger partial charge is 0.282 e. The predicted molar refractivity (Wildman–Crippen MR) is 66.7 cm³/mol. The predicted octanol–water partition coefficient (Wildman–Crippen LogP) is 2.97. The van der Waals surface area contributed by atoms with E-state index >= 15 is 0 Å². The van der Waals surface area contributed by atoms with Gasteiger partial charge in [-0.3, -0.25) is 4.55 Å². The summed E-state index contributed by atoms with van der Waals surface area (Å²) < 4.78 is 31.8. The lowest BCUT2D eigenvalue weighted by molar-refractivity contribution is 0.479. The summed E-state index contributed by atoms with van der Waals surface area (Å²) in [5.41, 5.74) is 1.80. The molecule has 1 aromatic carbocycles. The Labute approximate surface area is 103 Å². The third-order valence-electron chi connectivity index (χ3n) is 3.48. The van der Waals surface area contributed by atoms with Gasteiger partial charge in [0.15, 0.2) is 0 Å². The molecule has 1 aromatic rings. The average molecular weight is 254 g/mol. The van der Waals surface area contributed by atoms with E-state index in [0.29, 0.717) is 5.92 Å². The van der Waals surface area contributed by atoms with E-state index in [1.807, 2.05) is 13.0 Å². The van der Waals surface area contributed by atoms with Gasteiger partial charge in [-0.1, -0.05) is 43.4 Å². The highest BCUT2D eigenvalue weighted by molar-refractivity contribution is 7.85. The summed E-state index contributed by atoms with van der Waals surface area (Å²) in [5, 5.41) is 0. The summed E-state index contributed by atoms with van der Waals surface area (Å²) in [6.07, 6.45) is 5.56. The maximum Gasteiger partial charge on any atom is 0.294 e. The van der Waals surface area contributed by atoms with E-state index in [9.17, 15) is 13.0 Å². The minimum absolute atomic E-state index is 0.0787. The van der Waals surface area contributed by atoms with Crippen molar-refractivity contribution < 1.29 is 13.0 Å². The third kappa shape index (κ3) is 3.07. The maximum atomic E-state index is 11.3. The molecule has 1 fully saturated rings. The molecule has 0 unspecified atom stereocenters. The Hall–Kier alpha value is -0.870. The van der Waals surface area contributed by atoms with Gasteiger partial charge in [-0.15, -0.1) is 0 Å². The van der Waals surface area contributed by atoms with Crippen LogP contribution in [0, 0.1) is 12.8 Å². The molecule has 0 atom stereocenters. The van der Waals surface area contributed by atoms with Gasteiger partial charge in [0, 0.05) is 0 Å². The lowest BCUT2D eigenvalue weighted by atomic mass is 9.97. The Balaban J connectivity index is 2.33. The Morgan fingerprint density at radius 1 is 1.29 bits per heavy atom. The normalized spacial score (nSPS) is 17.5. The first-order valence-corrected chi connectivity index (χ1v) is 7.48. The van der Waals surface area contributed by atoms with Crippen LogP contribution in [0.5, 0.6) is 0 Å². The van der Waals surface area contributed by atoms with Crippen LogP contribution in [0.15, 0.2) is 23.1 Å². The van der Waals surface area contributed by atoms with Crippen LogP contribution in [0.2, 0.25) is 0 Å². The van der Waals surface area contributed by atoms with Gasteiger partial charge in [-0.25, -0.2) is 0 Å². The summed E-state index contributed by atoms with van der Waals surface area (Å²) in [6, 6.07) is 5.11. The standard InChI is InChI=1S/C13H18O3S/c1-10-6-7-13(17(14,15)16)12(8-10)9-11-4-2-3-5-11/h6-8,11H,2-5,9H2,1H3,(H,14,15,16). The third-order valence-corrected chi connectivity index (χ3v) is 4.43. The molecule has 1 N–H and O–H groups in total. The second-order valence-electron chi connectivity index (χ2n) is 4.94. The lowest BCUT2D eigenvalue weighted by Gasteiger charge is -2.12. The van der Waals surface area contributed by atoms with E-state index in [4.69, 9.17) is 0 Å². The highest BCUT2D eigenvalue weighted by Gasteiger charge is 2.21. The lowest BCUT2D eigenvalue weighted by Crippen LogP contribution is -2.07. The van der Waals surface area contributed by atoms with Crippen LogP contribution in [0.25, 0.3) is 0 Å². The van der Waals surface area contributed by atoms with E-state index in [-0.39, 0.29) is 4.90 Å². The fourth-order valence-electron chi connectivity index (χ4n) is 2.64. The molecule has 4 heteroatoms. The van der Waals surface area contributed by atoms with Crippen LogP contribution in [-0.2, 0) is 16.5 Å². The molecule has 94 valence electrons. The van der Waals surface area contributed by atoms with Crippen molar-refractivity contribution in [2.75, 3.05) is 0 Å². The zero-order valence-electron chi connectivity index (χ0n) is 10.0. The summed E-state index contributed by atoms with van der Waals surface area (Å²) in [7, 11) is -4.09. The quantitative estimate of drug-likeness (QED) is 0.844. The summed E-state index contributed by atoms with van der Waals surface area (Å²) >= 11 is 0. The maximum absolute atomic E-state index is 11.3. The second kappa shape index (κ2) is 4.78. The summed E-state index contributed by atoms with van der Waals surface area (Å²) in [4.78, 5) is 0.0787. The molecular formula is C13H18O3S. The number of hydrogen-bond donors (Lipinski definition) is 1. The van der Waals surface area contributed by atoms with Crippen LogP contribution in [0.4, 0.5) is 0 Å². The number of benzene rings is 1. The molecule has 0 spiro atoms. The highest BCUT2D eigenvalue weighted by atomic mass is 32.2. The average Bonchev–Trinajstić information content (AvgIpc) is 2.68. The molecular weight excluding hydrogens is 236 g/mol. The Bertz CT molecular complexity index is 499. The zero-order chi connectivity index (χ0) is 12.5. The van der Waals surface area contributed by atoms with E-state index in [1.54, 1.807) is 6.07 Å². The summed E-state index contributed by atoms with van der Waals surface area (Å²) in [5.74, 6) is 0.567. The Morgan fingerprint density at radius 3 is 2.53 bits per heavy atom. The van der Waals surface area contributed by atoms with Crippen molar-refractivity contribution in [2.24, 2.45) is 5.92 Å². The Kier molecular flexibility index (Phi) is 3.54. The topological polar surface area (TPSA) is 54.4 Å². The van der Waals surface area contributed by atoms with E-state index in [1.165, 1.54) is 31.7 Å². The molecule has 1 aliphatic carbocycles. The first kappa shape index (κ1) is 12.6. The van der Waals surface area contributed by atoms with Gasteiger partial charge in [0.2, 0.25) is 0 Å². The molecule has 0 heterocycles. The van der Waals surface area contributed by atoms with Crippen LogP contribution in [0.3, 0.4) is 0 Å². The first-order chi connectivity index (χ1) is 7.97. The van der Waals surface area contributed by atoms with Crippen LogP contribution < -0.4 is 0 Å². The molecule has 0 radical (unpaired) electrons. The van der Waals surface area contributed by atoms with Gasteiger partial charge in [0.25, 0.3) is 10.1 Å². The highest BCUT2D eigenvalue weighted by Crippen LogP contribution is 2.30. The van der Waals surface area contributed by atoms with Crippen LogP contribution >= 0.6 is 0 Å². The molecule has 1 aliphatic rings. The van der Waals surface area contributed by atoms with Gasteiger partial charge < -0.3 is 0 Å². The van der Waals surface area contributed by atoms with Crippen molar-refractivity contribution in [1.82, 2.24) is 0 Å². The molecule has 17 heavy (non-hydrogen) atoms. The van der Waals surface area contributed by atoms with Crippen molar-refractivity contribution in [3.63, 3.8) is 0 Å². The Morgan fingerprint density at radius 2 is 1.94 bits per heavy atom. The van der Waals surface area contributed by atoms with Crippen molar-refractivity contribution in [2.45, 2.75) is 43.9 Å². The zero-order valence-corrected chi connectivity index (χ0v) is 10.8. The molecule has 0 aromatic heterocycles. The molecule has 1 saturated carbocycles. The SMILES string of the molecule is Cc1ccc(S(=O)(=O)O)c(CC2CCCC2)c1. The van der Waals surface area contributed by atoms with Gasteiger partial charge >= 0.3 is 0 Å². The monoisotopic (exact) mass is 254 g/mol. The molecule has 0 saturated heterocycles. The largest absolute Gasteiger partial charge is 0.294 e. The van der Waals surface area contributed by atoms with Gasteiger partial charge in [0.05, 0.1) is 4.90 Å². The van der Waals surface area contributed by atoms with E-state index < -0.39 is 10.1 Å². The minimum atomic E-state index is -4.09. The fourth-order valence-corrected chi connectivity index (χ4v) is 3.36. The molecule has 0 aliphatic heterocycles. The van der Waals surface area contributed by atoms with Crippen molar-refractivity contribution in [3.05, 3.63) is 29.3 Å². The van der Waals surface area contributed by atoms with E-state index in [0.717, 1.165) is 17.5 Å². The fraction of sp³-hybridized carbons (Fsp3) is 0.538. The van der Waals surface area contributed by atoms with Gasteiger partial charge in [-0.2, -0.15) is 8.42 Å². The number of hydrogen-bond acceptors (Lipinski definition) is 2. The second-order valence-corrected chi connectivity index (χ2v) is 6.33. The molecule has 0 bridgehead atoms. The minimum Gasteiger partial charge on any atom is -0.282 e. The number of aryl methyl sites for hydroxylation is 1. The summed E-state index contributed by atoms with van der Waals surface area (Å²) in [6.45, 7) is 1.94. The van der Waals surface area contributed by atoms with Crippen molar-refractivity contribution in [1.29, 1.82) is 0 Å². The molecule has 2 rings (SSSR count). The van der Waals surface area contributed by atoms with Crippen molar-refractivity contribution in [3.8, 4) is 0 Å². The van der Waals surface area contributed by atoms with E-state index in [2.05, 4.69) is 0 Å². The first-order valence-electron chi connectivity index (χ1n) is 6.04. The van der Waals surface area contributed by atoms with Crippen molar-refractivity contribution >= 4 is 10.1 Å². The molecule has 3 nitrogen and oxygen atoms in total. The number of rotatable bonds is 3. The van der Waals surface area contributed by atoms with Crippen LogP contribution in [-0.4, -0.2) is 13.0 Å². The van der Waals surface area contributed by atoms with Crippen LogP contribution in [0.1, 0.15) is 36.8 Å².